The topological polar surface area (TPSA) is 35.5 Å². The van der Waals surface area contributed by atoms with Gasteiger partial charge in [-0.05, 0) is 18.9 Å². The predicted molar refractivity (Wildman–Crippen MR) is 72.4 cm³/mol. The number of rotatable bonds is 10. The van der Waals surface area contributed by atoms with Crippen molar-refractivity contribution in [2.75, 3.05) is 13.2 Å². The van der Waals surface area contributed by atoms with Crippen LogP contribution in [-0.4, -0.2) is 25.3 Å². The molecule has 0 aromatic carbocycles. The summed E-state index contributed by atoms with van der Waals surface area (Å²) >= 11 is 0. The molecule has 1 aliphatic rings. The van der Waals surface area contributed by atoms with Crippen LogP contribution in [0.25, 0.3) is 0 Å². The van der Waals surface area contributed by atoms with Crippen molar-refractivity contribution in [3.05, 3.63) is 12.2 Å². The molecule has 1 fully saturated rings. The van der Waals surface area contributed by atoms with Gasteiger partial charge in [-0.1, -0.05) is 38.7 Å². The summed E-state index contributed by atoms with van der Waals surface area (Å²) in [6.45, 7) is 3.60. The second-order valence-corrected chi connectivity index (χ2v) is 4.78. The van der Waals surface area contributed by atoms with E-state index in [1.165, 1.54) is 25.7 Å². The molecule has 0 N–H and O–H groups in total. The quantitative estimate of drug-likeness (QED) is 0.441. The Hall–Kier alpha value is -0.670. The molecular weight excluding hydrogens is 228 g/mol. The third-order valence-electron chi connectivity index (χ3n) is 3.09. The third kappa shape index (κ3) is 7.62. The summed E-state index contributed by atoms with van der Waals surface area (Å²) in [5.74, 6) is 0.250. The summed E-state index contributed by atoms with van der Waals surface area (Å²) in [6, 6.07) is 0. The van der Waals surface area contributed by atoms with E-state index in [0.29, 0.717) is 19.6 Å². The Kier molecular flexibility index (Phi) is 8.78. The zero-order valence-electron chi connectivity index (χ0n) is 11.5. The summed E-state index contributed by atoms with van der Waals surface area (Å²) < 4.78 is 10.6. The predicted octanol–water partition coefficient (Wildman–Crippen LogP) is 3.63. The smallest absolute Gasteiger partial charge is 0.158 e. The average Bonchev–Trinajstić information content (AvgIpc) is 2.87. The van der Waals surface area contributed by atoms with Crippen LogP contribution in [0.5, 0.6) is 0 Å². The summed E-state index contributed by atoms with van der Waals surface area (Å²) in [7, 11) is 0. The first-order chi connectivity index (χ1) is 8.83. The van der Waals surface area contributed by atoms with Gasteiger partial charge in [0.05, 0.1) is 13.2 Å². The summed E-state index contributed by atoms with van der Waals surface area (Å²) in [6.07, 6.45) is 12.0. The minimum atomic E-state index is -0.0567. The van der Waals surface area contributed by atoms with E-state index in [2.05, 4.69) is 6.92 Å². The van der Waals surface area contributed by atoms with Crippen LogP contribution in [0, 0.1) is 0 Å². The molecule has 104 valence electrons. The van der Waals surface area contributed by atoms with Crippen LogP contribution in [0.2, 0.25) is 0 Å². The van der Waals surface area contributed by atoms with Gasteiger partial charge in [0.1, 0.15) is 0 Å². The van der Waals surface area contributed by atoms with Gasteiger partial charge in [-0.25, -0.2) is 0 Å². The Morgan fingerprint density at radius 2 is 1.89 bits per heavy atom. The molecule has 0 bridgehead atoms. The molecule has 1 heterocycles. The number of ether oxygens (including phenoxy) is 2. The Balaban J connectivity index is 1.94. The van der Waals surface area contributed by atoms with Crippen LogP contribution in [-0.2, 0) is 14.3 Å². The maximum Gasteiger partial charge on any atom is 0.158 e. The Morgan fingerprint density at radius 1 is 1.17 bits per heavy atom. The first kappa shape index (κ1) is 15.4. The van der Waals surface area contributed by atoms with Crippen molar-refractivity contribution in [1.82, 2.24) is 0 Å². The largest absolute Gasteiger partial charge is 0.350 e. The molecule has 0 atom stereocenters. The normalized spacial score (nSPS) is 16.7. The number of unbranched alkanes of at least 4 members (excludes halogenated alkanes) is 4. The van der Waals surface area contributed by atoms with Gasteiger partial charge in [-0.2, -0.15) is 0 Å². The highest BCUT2D eigenvalue weighted by atomic mass is 16.7. The summed E-state index contributed by atoms with van der Waals surface area (Å²) in [5.41, 5.74) is 0. The monoisotopic (exact) mass is 254 g/mol. The SMILES string of the molecule is CCCCCCCC(=O)/C=C/CCC1OCCO1. The number of carbonyl (C=O) groups excluding carboxylic acids is 1. The van der Waals surface area contributed by atoms with Crippen molar-refractivity contribution in [3.8, 4) is 0 Å². The lowest BCUT2D eigenvalue weighted by Crippen LogP contribution is -2.06. The fourth-order valence-electron chi connectivity index (χ4n) is 2.01. The van der Waals surface area contributed by atoms with Gasteiger partial charge >= 0.3 is 0 Å². The second-order valence-electron chi connectivity index (χ2n) is 4.78. The lowest BCUT2D eigenvalue weighted by Gasteiger charge is -2.05. The fourth-order valence-corrected chi connectivity index (χ4v) is 2.01. The van der Waals surface area contributed by atoms with Crippen molar-refractivity contribution < 1.29 is 14.3 Å². The van der Waals surface area contributed by atoms with Crippen molar-refractivity contribution in [2.45, 2.75) is 64.6 Å². The molecule has 3 nitrogen and oxygen atoms in total. The molecule has 0 aliphatic carbocycles. The van der Waals surface area contributed by atoms with E-state index < -0.39 is 0 Å². The van der Waals surface area contributed by atoms with Gasteiger partial charge in [0, 0.05) is 12.8 Å². The Morgan fingerprint density at radius 3 is 2.61 bits per heavy atom. The average molecular weight is 254 g/mol. The molecular formula is C15H26O3. The van der Waals surface area contributed by atoms with E-state index in [1.54, 1.807) is 6.08 Å². The number of hydrogen-bond donors (Lipinski definition) is 0. The lowest BCUT2D eigenvalue weighted by molar-refractivity contribution is -0.114. The second kappa shape index (κ2) is 10.3. The summed E-state index contributed by atoms with van der Waals surface area (Å²) in [4.78, 5) is 11.5. The van der Waals surface area contributed by atoms with Gasteiger partial charge in [-0.15, -0.1) is 0 Å². The zero-order chi connectivity index (χ0) is 13.1. The van der Waals surface area contributed by atoms with Crippen LogP contribution in [0.3, 0.4) is 0 Å². The standard InChI is InChI=1S/C15H26O3/c1-2-3-4-5-6-9-14(16)10-7-8-11-15-17-12-13-18-15/h7,10,15H,2-6,8-9,11-13H2,1H3/b10-7+. The molecule has 18 heavy (non-hydrogen) atoms. The Bertz CT molecular complexity index is 242. The molecule has 0 aromatic rings. The highest BCUT2D eigenvalue weighted by Crippen LogP contribution is 2.10. The van der Waals surface area contributed by atoms with Crippen molar-refractivity contribution in [1.29, 1.82) is 0 Å². The van der Waals surface area contributed by atoms with E-state index >= 15 is 0 Å². The molecule has 1 aliphatic heterocycles. The molecule has 0 saturated carbocycles. The van der Waals surface area contributed by atoms with Gasteiger partial charge in [0.15, 0.2) is 12.1 Å². The molecule has 0 unspecified atom stereocenters. The summed E-state index contributed by atoms with van der Waals surface area (Å²) in [5, 5.41) is 0. The van der Waals surface area contributed by atoms with E-state index in [9.17, 15) is 4.79 Å². The lowest BCUT2D eigenvalue weighted by atomic mass is 10.1. The van der Waals surface area contributed by atoms with E-state index in [4.69, 9.17) is 9.47 Å². The minimum absolute atomic E-state index is 0.0567. The Labute approximate surface area is 111 Å². The van der Waals surface area contributed by atoms with Crippen LogP contribution < -0.4 is 0 Å². The van der Waals surface area contributed by atoms with Gasteiger partial charge < -0.3 is 9.47 Å². The molecule has 0 spiro atoms. The molecule has 0 radical (unpaired) electrons. The first-order valence-corrected chi connectivity index (χ1v) is 7.25. The fraction of sp³-hybridized carbons (Fsp3) is 0.800. The molecule has 1 saturated heterocycles. The minimum Gasteiger partial charge on any atom is -0.350 e. The number of hydrogen-bond acceptors (Lipinski definition) is 3. The molecule has 3 heteroatoms. The number of ketones is 1. The first-order valence-electron chi connectivity index (χ1n) is 7.25. The highest BCUT2D eigenvalue weighted by Gasteiger charge is 2.13. The zero-order valence-corrected chi connectivity index (χ0v) is 11.5. The van der Waals surface area contributed by atoms with Crippen molar-refractivity contribution >= 4 is 5.78 Å². The number of carbonyl (C=O) groups is 1. The van der Waals surface area contributed by atoms with E-state index in [-0.39, 0.29) is 12.1 Å². The maximum atomic E-state index is 11.5. The van der Waals surface area contributed by atoms with Gasteiger partial charge in [0.2, 0.25) is 0 Å². The van der Waals surface area contributed by atoms with Crippen LogP contribution >= 0.6 is 0 Å². The van der Waals surface area contributed by atoms with Crippen LogP contribution in [0.15, 0.2) is 12.2 Å². The van der Waals surface area contributed by atoms with E-state index in [0.717, 1.165) is 19.3 Å². The van der Waals surface area contributed by atoms with Gasteiger partial charge in [-0.3, -0.25) is 4.79 Å². The number of allylic oxidation sites excluding steroid dienone is 2. The molecule has 1 rings (SSSR count). The van der Waals surface area contributed by atoms with Crippen molar-refractivity contribution in [2.24, 2.45) is 0 Å². The van der Waals surface area contributed by atoms with Crippen LogP contribution in [0.4, 0.5) is 0 Å². The highest BCUT2D eigenvalue weighted by molar-refractivity contribution is 5.89. The maximum absolute atomic E-state index is 11.5. The molecule has 0 aromatic heterocycles. The van der Waals surface area contributed by atoms with Crippen molar-refractivity contribution in [3.63, 3.8) is 0 Å². The van der Waals surface area contributed by atoms with E-state index in [1.807, 2.05) is 6.08 Å². The van der Waals surface area contributed by atoms with Gasteiger partial charge in [0.25, 0.3) is 0 Å². The van der Waals surface area contributed by atoms with Crippen LogP contribution in [0.1, 0.15) is 58.3 Å². The molecule has 0 amide bonds. The third-order valence-corrected chi connectivity index (χ3v) is 3.09.